The van der Waals surface area contributed by atoms with Crippen LogP contribution in [0.4, 0.5) is 5.82 Å². The van der Waals surface area contributed by atoms with E-state index in [0.717, 1.165) is 37.4 Å². The van der Waals surface area contributed by atoms with E-state index in [1.807, 2.05) is 19.1 Å². The van der Waals surface area contributed by atoms with Crippen molar-refractivity contribution in [3.8, 4) is 0 Å². The van der Waals surface area contributed by atoms with Crippen molar-refractivity contribution in [1.82, 2.24) is 15.1 Å². The Bertz CT molecular complexity index is 517. The number of amides is 1. The highest BCUT2D eigenvalue weighted by Crippen LogP contribution is 2.34. The second kappa shape index (κ2) is 5.60. The maximum Gasteiger partial charge on any atom is 0.251 e. The van der Waals surface area contributed by atoms with Crippen molar-refractivity contribution in [1.29, 1.82) is 0 Å². The van der Waals surface area contributed by atoms with Crippen LogP contribution in [0.2, 0.25) is 0 Å². The van der Waals surface area contributed by atoms with Crippen LogP contribution in [0.5, 0.6) is 0 Å². The number of rotatable bonds is 2. The van der Waals surface area contributed by atoms with E-state index < -0.39 is 0 Å². The quantitative estimate of drug-likeness (QED) is 0.808. The van der Waals surface area contributed by atoms with Crippen LogP contribution in [-0.4, -0.2) is 60.4 Å². The smallest absolute Gasteiger partial charge is 0.251 e. The first-order chi connectivity index (χ1) is 10.0. The molecule has 0 unspecified atom stereocenters. The number of likely N-dealkylation sites (N-methyl/N-ethyl adjacent to an activating group) is 1. The Labute approximate surface area is 125 Å². The first-order valence-corrected chi connectivity index (χ1v) is 7.46. The molecule has 2 aliphatic rings. The van der Waals surface area contributed by atoms with E-state index in [-0.39, 0.29) is 18.1 Å². The van der Waals surface area contributed by atoms with Crippen LogP contribution in [0.25, 0.3) is 0 Å². The van der Waals surface area contributed by atoms with Gasteiger partial charge in [-0.3, -0.25) is 4.79 Å². The van der Waals surface area contributed by atoms with Crippen molar-refractivity contribution in [3.05, 3.63) is 17.8 Å². The van der Waals surface area contributed by atoms with E-state index in [9.17, 15) is 4.79 Å². The Morgan fingerprint density at radius 3 is 2.86 bits per heavy atom. The minimum atomic E-state index is -0.279. The molecule has 2 saturated heterocycles. The normalized spacial score (nSPS) is 28.3. The van der Waals surface area contributed by atoms with E-state index in [2.05, 4.69) is 15.1 Å². The molecule has 3 atom stereocenters. The zero-order valence-corrected chi connectivity index (χ0v) is 12.8. The van der Waals surface area contributed by atoms with Gasteiger partial charge < -0.3 is 14.5 Å². The van der Waals surface area contributed by atoms with Gasteiger partial charge in [0.25, 0.3) is 5.91 Å². The third-order valence-electron chi connectivity index (χ3n) is 4.38. The molecule has 3 rings (SSSR count). The number of aromatic nitrogens is 2. The van der Waals surface area contributed by atoms with Gasteiger partial charge in [-0.2, -0.15) is 5.10 Å². The third-order valence-corrected chi connectivity index (χ3v) is 4.38. The van der Waals surface area contributed by atoms with Crippen LogP contribution >= 0.6 is 0 Å². The predicted octanol–water partition coefficient (Wildman–Crippen LogP) is 0.857. The summed E-state index contributed by atoms with van der Waals surface area (Å²) in [4.78, 5) is 15.9. The average Bonchev–Trinajstić information content (AvgIpc) is 2.89. The molecule has 0 aromatic carbocycles. The summed E-state index contributed by atoms with van der Waals surface area (Å²) < 4.78 is 5.98. The van der Waals surface area contributed by atoms with Gasteiger partial charge in [0.15, 0.2) is 5.82 Å². The molecular formula is C15H22N4O2. The van der Waals surface area contributed by atoms with Crippen molar-refractivity contribution >= 4 is 11.7 Å². The molecular weight excluding hydrogens is 268 g/mol. The molecule has 6 heteroatoms. The predicted molar refractivity (Wildman–Crippen MR) is 79.1 cm³/mol. The fraction of sp³-hybridized carbons (Fsp3) is 0.667. The first kappa shape index (κ1) is 14.3. The summed E-state index contributed by atoms with van der Waals surface area (Å²) in [5.41, 5.74) is 0.919. The van der Waals surface area contributed by atoms with E-state index in [0.29, 0.717) is 5.92 Å². The maximum absolute atomic E-state index is 12.0. The molecule has 0 bridgehead atoms. The zero-order chi connectivity index (χ0) is 15.0. The van der Waals surface area contributed by atoms with Crippen molar-refractivity contribution < 1.29 is 9.53 Å². The number of aryl methyl sites for hydroxylation is 1. The molecule has 0 radical (unpaired) electrons. The van der Waals surface area contributed by atoms with Gasteiger partial charge in [-0.1, -0.05) is 0 Å². The third kappa shape index (κ3) is 2.85. The number of hydrogen-bond acceptors (Lipinski definition) is 5. The second-order valence-electron chi connectivity index (χ2n) is 6.16. The summed E-state index contributed by atoms with van der Waals surface area (Å²) in [7, 11) is 3.56. The highest BCUT2D eigenvalue weighted by atomic mass is 16.5. The van der Waals surface area contributed by atoms with E-state index in [1.54, 1.807) is 19.0 Å². The molecule has 3 heterocycles. The molecule has 114 valence electrons. The highest BCUT2D eigenvalue weighted by Gasteiger charge is 2.42. The minimum absolute atomic E-state index is 0.0751. The fourth-order valence-corrected chi connectivity index (χ4v) is 3.15. The van der Waals surface area contributed by atoms with Crippen molar-refractivity contribution in [2.24, 2.45) is 5.92 Å². The van der Waals surface area contributed by atoms with Crippen LogP contribution in [0.1, 0.15) is 18.5 Å². The lowest BCUT2D eigenvalue weighted by molar-refractivity contribution is -0.140. The Morgan fingerprint density at radius 1 is 1.38 bits per heavy atom. The summed E-state index contributed by atoms with van der Waals surface area (Å²) in [6.07, 6.45) is 1.72. The highest BCUT2D eigenvalue weighted by molar-refractivity contribution is 5.80. The number of piperidine rings is 1. The van der Waals surface area contributed by atoms with Crippen LogP contribution in [-0.2, 0) is 9.53 Å². The fourth-order valence-electron chi connectivity index (χ4n) is 3.15. The van der Waals surface area contributed by atoms with Crippen molar-refractivity contribution in [3.63, 3.8) is 0 Å². The van der Waals surface area contributed by atoms with E-state index in [4.69, 9.17) is 4.74 Å². The van der Waals surface area contributed by atoms with Gasteiger partial charge in [0, 0.05) is 27.2 Å². The van der Waals surface area contributed by atoms with Crippen LogP contribution in [0.3, 0.4) is 0 Å². The number of nitrogens with zero attached hydrogens (tertiary/aromatic N) is 4. The number of carbonyl (C=O) groups excluding carboxylic acids is 1. The number of hydrogen-bond donors (Lipinski definition) is 0. The Morgan fingerprint density at radius 2 is 2.19 bits per heavy atom. The SMILES string of the molecule is Cc1ccc(N2CC[C@H]3C[C@H](C(=O)N(C)C)O[C@H]3C2)nn1. The second-order valence-corrected chi connectivity index (χ2v) is 6.16. The Kier molecular flexibility index (Phi) is 3.80. The van der Waals surface area contributed by atoms with E-state index >= 15 is 0 Å². The maximum atomic E-state index is 12.0. The van der Waals surface area contributed by atoms with Gasteiger partial charge >= 0.3 is 0 Å². The molecule has 0 aliphatic carbocycles. The lowest BCUT2D eigenvalue weighted by Gasteiger charge is -2.34. The van der Waals surface area contributed by atoms with Gasteiger partial charge in [-0.25, -0.2) is 0 Å². The molecule has 0 N–H and O–H groups in total. The van der Waals surface area contributed by atoms with E-state index in [1.165, 1.54) is 0 Å². The Balaban J connectivity index is 1.66. The van der Waals surface area contributed by atoms with Crippen LogP contribution in [0, 0.1) is 12.8 Å². The largest absolute Gasteiger partial charge is 0.363 e. The van der Waals surface area contributed by atoms with Crippen LogP contribution in [0.15, 0.2) is 12.1 Å². The molecule has 0 saturated carbocycles. The molecule has 1 aromatic rings. The molecule has 21 heavy (non-hydrogen) atoms. The molecule has 0 spiro atoms. The summed E-state index contributed by atoms with van der Waals surface area (Å²) in [5, 5.41) is 8.36. The van der Waals surface area contributed by atoms with Gasteiger partial charge in [0.1, 0.15) is 6.10 Å². The number of anilines is 1. The lowest BCUT2D eigenvalue weighted by Crippen LogP contribution is -2.43. The summed E-state index contributed by atoms with van der Waals surface area (Å²) in [6, 6.07) is 3.97. The van der Waals surface area contributed by atoms with Gasteiger partial charge in [0.05, 0.1) is 11.8 Å². The molecule has 1 amide bonds. The summed E-state index contributed by atoms with van der Waals surface area (Å²) in [5.74, 6) is 1.45. The first-order valence-electron chi connectivity index (χ1n) is 7.46. The number of carbonyl (C=O) groups is 1. The van der Waals surface area contributed by atoms with Crippen molar-refractivity contribution in [2.45, 2.75) is 32.0 Å². The number of ether oxygens (including phenoxy) is 1. The standard InChI is InChI=1S/C15H22N4O2/c1-10-4-5-14(17-16-10)19-7-6-11-8-12(15(20)18(2)3)21-13(11)9-19/h4-5,11-13H,6-9H2,1-3H3/t11-,12+,13-/m0/s1. The topological polar surface area (TPSA) is 58.6 Å². The molecule has 1 aromatic heterocycles. The monoisotopic (exact) mass is 290 g/mol. The molecule has 6 nitrogen and oxygen atoms in total. The lowest BCUT2D eigenvalue weighted by atomic mass is 9.91. The number of fused-ring (bicyclic) bond motifs is 1. The summed E-state index contributed by atoms with van der Waals surface area (Å²) in [6.45, 7) is 3.67. The van der Waals surface area contributed by atoms with Crippen LogP contribution < -0.4 is 4.90 Å². The summed E-state index contributed by atoms with van der Waals surface area (Å²) >= 11 is 0. The minimum Gasteiger partial charge on any atom is -0.363 e. The molecule has 2 fully saturated rings. The Hall–Kier alpha value is -1.69. The average molecular weight is 290 g/mol. The van der Waals surface area contributed by atoms with Gasteiger partial charge in [-0.15, -0.1) is 5.10 Å². The van der Waals surface area contributed by atoms with Gasteiger partial charge in [0.2, 0.25) is 0 Å². The van der Waals surface area contributed by atoms with Gasteiger partial charge in [-0.05, 0) is 37.8 Å². The van der Waals surface area contributed by atoms with Crippen molar-refractivity contribution in [2.75, 3.05) is 32.1 Å². The molecule has 2 aliphatic heterocycles. The zero-order valence-electron chi connectivity index (χ0n) is 12.8.